The lowest BCUT2D eigenvalue weighted by Gasteiger charge is -2.38. The standard InChI is InChI=1S/C30H41N3O5/c1-6-17-31(21(4)5)28(37)25-30-16-15-29(8-3,38-30)23(24(30)27(36)33(25)19-12-20-34)26(35)32(18-7-2)22-13-10-9-11-14-22/h6-7,9-11,13-14,21,23-25,34H,1-2,8,12,15-20H2,3-5H3/t23-,24-,25?,29+,30?/m0/s1. The Labute approximate surface area is 225 Å². The summed E-state index contributed by atoms with van der Waals surface area (Å²) in [5, 5.41) is 9.58. The van der Waals surface area contributed by atoms with E-state index in [0.717, 1.165) is 5.69 Å². The minimum absolute atomic E-state index is 0.105. The molecule has 2 bridgehead atoms. The van der Waals surface area contributed by atoms with Crippen molar-refractivity contribution in [1.29, 1.82) is 0 Å². The summed E-state index contributed by atoms with van der Waals surface area (Å²) < 4.78 is 6.87. The van der Waals surface area contributed by atoms with Gasteiger partial charge in [0.25, 0.3) is 0 Å². The average Bonchev–Trinajstić information content (AvgIpc) is 3.52. The number of hydrogen-bond acceptors (Lipinski definition) is 5. The second kappa shape index (κ2) is 11.0. The van der Waals surface area contributed by atoms with Crippen LogP contribution in [0.15, 0.2) is 55.6 Å². The number of rotatable bonds is 12. The smallest absolute Gasteiger partial charge is 0.248 e. The maximum Gasteiger partial charge on any atom is 0.248 e. The van der Waals surface area contributed by atoms with Gasteiger partial charge in [-0.15, -0.1) is 13.2 Å². The third-order valence-corrected chi connectivity index (χ3v) is 8.62. The molecule has 0 aliphatic carbocycles. The monoisotopic (exact) mass is 523 g/mol. The fourth-order valence-electron chi connectivity index (χ4n) is 6.93. The zero-order valence-corrected chi connectivity index (χ0v) is 22.8. The van der Waals surface area contributed by atoms with Crippen LogP contribution in [0.25, 0.3) is 0 Å². The maximum absolute atomic E-state index is 14.4. The predicted octanol–water partition coefficient (Wildman–Crippen LogP) is 3.17. The Hall–Kier alpha value is -2.97. The van der Waals surface area contributed by atoms with Gasteiger partial charge in [-0.3, -0.25) is 14.4 Å². The van der Waals surface area contributed by atoms with E-state index >= 15 is 0 Å². The molecule has 3 aliphatic rings. The molecular weight excluding hydrogens is 482 g/mol. The molecule has 8 nitrogen and oxygen atoms in total. The van der Waals surface area contributed by atoms with E-state index in [4.69, 9.17) is 4.74 Å². The fourth-order valence-corrected chi connectivity index (χ4v) is 6.93. The highest BCUT2D eigenvalue weighted by molar-refractivity contribution is 6.03. The first-order valence-corrected chi connectivity index (χ1v) is 13.7. The van der Waals surface area contributed by atoms with Gasteiger partial charge in [0.2, 0.25) is 17.7 Å². The second-order valence-electron chi connectivity index (χ2n) is 10.9. The molecule has 2 unspecified atom stereocenters. The number of para-hydroxylation sites is 1. The zero-order valence-electron chi connectivity index (χ0n) is 22.8. The molecule has 8 heteroatoms. The van der Waals surface area contributed by atoms with Crippen molar-refractivity contribution in [2.75, 3.05) is 31.1 Å². The Morgan fingerprint density at radius 2 is 1.84 bits per heavy atom. The zero-order chi connectivity index (χ0) is 27.7. The van der Waals surface area contributed by atoms with Crippen LogP contribution in [-0.2, 0) is 19.1 Å². The molecule has 0 radical (unpaired) electrons. The van der Waals surface area contributed by atoms with Crippen molar-refractivity contribution in [2.45, 2.75) is 69.7 Å². The summed E-state index contributed by atoms with van der Waals surface area (Å²) in [5.74, 6) is -2.11. The van der Waals surface area contributed by atoms with Crippen LogP contribution in [0, 0.1) is 11.8 Å². The van der Waals surface area contributed by atoms with Crippen LogP contribution in [-0.4, -0.2) is 82.2 Å². The third kappa shape index (κ3) is 4.28. The Morgan fingerprint density at radius 3 is 2.42 bits per heavy atom. The molecule has 3 fully saturated rings. The lowest BCUT2D eigenvalue weighted by Crippen LogP contribution is -2.57. The summed E-state index contributed by atoms with van der Waals surface area (Å²) in [6, 6.07) is 8.42. The molecule has 3 heterocycles. The van der Waals surface area contributed by atoms with Gasteiger partial charge in [-0.2, -0.15) is 0 Å². The number of likely N-dealkylation sites (tertiary alicyclic amines) is 1. The van der Waals surface area contributed by atoms with Crippen molar-refractivity contribution in [3.05, 3.63) is 55.6 Å². The summed E-state index contributed by atoms with van der Waals surface area (Å²) in [6.45, 7) is 14.3. The highest BCUT2D eigenvalue weighted by Gasteiger charge is 2.79. The molecule has 0 saturated carbocycles. The Bertz CT molecular complexity index is 1070. The minimum atomic E-state index is -1.09. The minimum Gasteiger partial charge on any atom is -0.396 e. The molecule has 3 saturated heterocycles. The first-order valence-electron chi connectivity index (χ1n) is 13.7. The summed E-state index contributed by atoms with van der Waals surface area (Å²) in [6.07, 6.45) is 5.39. The largest absolute Gasteiger partial charge is 0.396 e. The van der Waals surface area contributed by atoms with Crippen LogP contribution >= 0.6 is 0 Å². The molecule has 1 aromatic carbocycles. The normalized spacial score (nSPS) is 29.4. The Morgan fingerprint density at radius 1 is 1.16 bits per heavy atom. The molecule has 5 atom stereocenters. The summed E-state index contributed by atoms with van der Waals surface area (Å²) in [7, 11) is 0. The van der Waals surface area contributed by atoms with Crippen molar-refractivity contribution in [1.82, 2.24) is 9.80 Å². The number of carbonyl (C=O) groups excluding carboxylic acids is 3. The van der Waals surface area contributed by atoms with Crippen LogP contribution in [0.2, 0.25) is 0 Å². The number of anilines is 1. The van der Waals surface area contributed by atoms with Gasteiger partial charge in [0.15, 0.2) is 0 Å². The van der Waals surface area contributed by atoms with Crippen molar-refractivity contribution in [3.8, 4) is 0 Å². The first kappa shape index (κ1) is 28.0. The van der Waals surface area contributed by atoms with Gasteiger partial charge in [0.1, 0.15) is 11.6 Å². The van der Waals surface area contributed by atoms with Gasteiger partial charge < -0.3 is 24.5 Å². The van der Waals surface area contributed by atoms with Crippen molar-refractivity contribution in [3.63, 3.8) is 0 Å². The Kier molecular flexibility index (Phi) is 8.14. The van der Waals surface area contributed by atoms with Crippen LogP contribution in [0.1, 0.15) is 46.5 Å². The van der Waals surface area contributed by atoms with Crippen molar-refractivity contribution < 1.29 is 24.2 Å². The number of fused-ring (bicyclic) bond motifs is 1. The number of amides is 3. The average molecular weight is 524 g/mol. The molecule has 206 valence electrons. The lowest BCUT2D eigenvalue weighted by molar-refractivity contribution is -0.153. The van der Waals surface area contributed by atoms with E-state index < -0.39 is 29.1 Å². The van der Waals surface area contributed by atoms with E-state index in [-0.39, 0.29) is 36.9 Å². The fraction of sp³-hybridized carbons (Fsp3) is 0.567. The topological polar surface area (TPSA) is 90.4 Å². The number of hydrogen-bond donors (Lipinski definition) is 1. The van der Waals surface area contributed by atoms with Crippen LogP contribution in [0.5, 0.6) is 0 Å². The molecule has 4 rings (SSSR count). The summed E-state index contributed by atoms with van der Waals surface area (Å²) >= 11 is 0. The van der Waals surface area contributed by atoms with Gasteiger partial charge >= 0.3 is 0 Å². The van der Waals surface area contributed by atoms with E-state index in [2.05, 4.69) is 13.2 Å². The highest BCUT2D eigenvalue weighted by Crippen LogP contribution is 2.64. The number of carbonyl (C=O) groups is 3. The third-order valence-electron chi connectivity index (χ3n) is 8.62. The van der Waals surface area contributed by atoms with E-state index in [1.807, 2.05) is 51.1 Å². The van der Waals surface area contributed by atoms with Gasteiger partial charge in [0, 0.05) is 38.0 Å². The van der Waals surface area contributed by atoms with Crippen molar-refractivity contribution in [2.24, 2.45) is 11.8 Å². The van der Waals surface area contributed by atoms with Gasteiger partial charge in [0.05, 0.1) is 17.4 Å². The van der Waals surface area contributed by atoms with Crippen LogP contribution < -0.4 is 4.90 Å². The van der Waals surface area contributed by atoms with Crippen LogP contribution in [0.3, 0.4) is 0 Å². The second-order valence-corrected chi connectivity index (χ2v) is 10.9. The van der Waals surface area contributed by atoms with Gasteiger partial charge in [-0.1, -0.05) is 37.3 Å². The molecule has 3 amide bonds. The van der Waals surface area contributed by atoms with Gasteiger partial charge in [-0.05, 0) is 51.7 Å². The van der Waals surface area contributed by atoms with Gasteiger partial charge in [-0.25, -0.2) is 0 Å². The lowest BCUT2D eigenvalue weighted by atomic mass is 9.64. The van der Waals surface area contributed by atoms with E-state index in [1.54, 1.807) is 26.9 Å². The van der Waals surface area contributed by atoms with E-state index in [9.17, 15) is 19.5 Å². The maximum atomic E-state index is 14.4. The number of aliphatic hydroxyl groups is 1. The van der Waals surface area contributed by atoms with Crippen molar-refractivity contribution >= 4 is 23.4 Å². The predicted molar refractivity (Wildman–Crippen MR) is 146 cm³/mol. The number of aliphatic hydroxyl groups excluding tert-OH is 1. The quantitative estimate of drug-likeness (QED) is 0.425. The first-order chi connectivity index (χ1) is 18.2. The molecule has 1 aromatic rings. The summed E-state index contributed by atoms with van der Waals surface area (Å²) in [5.41, 5.74) is -1.19. The molecule has 1 N–H and O–H groups in total. The molecule has 1 spiro atoms. The summed E-state index contributed by atoms with van der Waals surface area (Å²) in [4.78, 5) is 47.8. The number of benzene rings is 1. The molecular formula is C30H41N3O5. The number of ether oxygens (including phenoxy) is 1. The molecule has 38 heavy (non-hydrogen) atoms. The highest BCUT2D eigenvalue weighted by atomic mass is 16.5. The van der Waals surface area contributed by atoms with Crippen LogP contribution in [0.4, 0.5) is 5.69 Å². The Balaban J connectivity index is 1.82. The van der Waals surface area contributed by atoms with E-state index in [0.29, 0.717) is 38.8 Å². The number of nitrogens with zero attached hydrogens (tertiary/aromatic N) is 3. The van der Waals surface area contributed by atoms with E-state index in [1.165, 1.54) is 0 Å². The molecule has 0 aromatic heterocycles. The SMILES string of the molecule is C=CCN(C(=O)[C@@H]1[C@H]2C(=O)N(CCCO)C(C(=O)N(CC=C)C(C)C)C23CC[C@@]1(CC)O3)c1ccccc1. The molecule has 3 aliphatic heterocycles.